The van der Waals surface area contributed by atoms with Gasteiger partial charge in [-0.25, -0.2) is 4.98 Å². The minimum Gasteiger partial charge on any atom is -0.497 e. The fourth-order valence-electron chi connectivity index (χ4n) is 4.46. The number of pyridine rings is 1. The highest BCUT2D eigenvalue weighted by Gasteiger charge is 2.26. The van der Waals surface area contributed by atoms with Crippen LogP contribution in [0.15, 0.2) is 64.4 Å². The van der Waals surface area contributed by atoms with Crippen LogP contribution in [0.25, 0.3) is 0 Å². The third kappa shape index (κ3) is 5.34. The van der Waals surface area contributed by atoms with Gasteiger partial charge >= 0.3 is 0 Å². The summed E-state index contributed by atoms with van der Waals surface area (Å²) >= 11 is 3.51. The third-order valence-electron chi connectivity index (χ3n) is 6.41. The SMILES string of the molecule is COc1ccc2c(c1)CN(C(=O)c1cccc(C(O)N3CCSc4ccc(OC)cc4C3)n1)CCS2. The minimum atomic E-state index is -0.917. The van der Waals surface area contributed by atoms with Crippen LogP contribution in [0.5, 0.6) is 11.5 Å². The van der Waals surface area contributed by atoms with Gasteiger partial charge in [0.25, 0.3) is 5.91 Å². The molecule has 7 nitrogen and oxygen atoms in total. The highest BCUT2D eigenvalue weighted by Crippen LogP contribution is 2.33. The lowest BCUT2D eigenvalue weighted by molar-refractivity contribution is -0.00317. The zero-order valence-corrected chi connectivity index (χ0v) is 22.0. The first-order valence-electron chi connectivity index (χ1n) is 11.8. The van der Waals surface area contributed by atoms with Crippen molar-refractivity contribution in [2.24, 2.45) is 0 Å². The van der Waals surface area contributed by atoms with Gasteiger partial charge in [0.1, 0.15) is 17.2 Å². The van der Waals surface area contributed by atoms with Crippen molar-refractivity contribution in [3.8, 4) is 11.5 Å². The van der Waals surface area contributed by atoms with Crippen molar-refractivity contribution < 1.29 is 19.4 Å². The lowest BCUT2D eigenvalue weighted by Crippen LogP contribution is -2.33. The van der Waals surface area contributed by atoms with Crippen LogP contribution in [0.3, 0.4) is 0 Å². The molecule has 2 aliphatic heterocycles. The molecule has 2 aliphatic rings. The molecule has 0 saturated heterocycles. The Balaban J connectivity index is 1.34. The predicted molar refractivity (Wildman–Crippen MR) is 142 cm³/mol. The van der Waals surface area contributed by atoms with E-state index in [0.29, 0.717) is 37.6 Å². The Bertz CT molecular complexity index is 1260. The number of methoxy groups -OCH3 is 2. The second-order valence-corrected chi connectivity index (χ2v) is 10.9. The van der Waals surface area contributed by atoms with Crippen LogP contribution >= 0.6 is 23.5 Å². The topological polar surface area (TPSA) is 75.1 Å². The highest BCUT2D eigenvalue weighted by molar-refractivity contribution is 7.99. The van der Waals surface area contributed by atoms with E-state index in [-0.39, 0.29) is 5.91 Å². The van der Waals surface area contributed by atoms with Crippen molar-refractivity contribution >= 4 is 29.4 Å². The molecule has 1 N–H and O–H groups in total. The molecular weight excluding hydrogens is 494 g/mol. The average Bonchev–Trinajstić information content (AvgIpc) is 3.27. The molecule has 0 saturated carbocycles. The normalized spacial score (nSPS) is 16.8. The molecule has 0 radical (unpaired) electrons. The van der Waals surface area contributed by atoms with Gasteiger partial charge in [-0.2, -0.15) is 0 Å². The first kappa shape index (κ1) is 25.0. The molecule has 5 rings (SSSR count). The largest absolute Gasteiger partial charge is 0.497 e. The molecule has 1 amide bonds. The van der Waals surface area contributed by atoms with E-state index in [0.717, 1.165) is 34.1 Å². The Morgan fingerprint density at radius 1 is 0.917 bits per heavy atom. The molecule has 36 heavy (non-hydrogen) atoms. The van der Waals surface area contributed by atoms with E-state index in [1.165, 1.54) is 9.79 Å². The Kier molecular flexibility index (Phi) is 7.71. The summed E-state index contributed by atoms with van der Waals surface area (Å²) in [7, 11) is 3.30. The number of aliphatic hydroxyl groups excluding tert-OH is 1. The van der Waals surface area contributed by atoms with Crippen molar-refractivity contribution in [3.63, 3.8) is 0 Å². The maximum absolute atomic E-state index is 13.5. The van der Waals surface area contributed by atoms with Crippen molar-refractivity contribution in [3.05, 3.63) is 77.1 Å². The van der Waals surface area contributed by atoms with Gasteiger partial charge in [-0.3, -0.25) is 9.69 Å². The van der Waals surface area contributed by atoms with Gasteiger partial charge in [0.15, 0.2) is 6.23 Å². The number of ether oxygens (including phenoxy) is 2. The van der Waals surface area contributed by atoms with Gasteiger partial charge < -0.3 is 19.5 Å². The smallest absolute Gasteiger partial charge is 0.272 e. The quantitative estimate of drug-likeness (QED) is 0.526. The number of thioether (sulfide) groups is 2. The number of hydrogen-bond donors (Lipinski definition) is 1. The van der Waals surface area contributed by atoms with Gasteiger partial charge in [-0.15, -0.1) is 23.5 Å². The van der Waals surface area contributed by atoms with Crippen molar-refractivity contribution in [1.29, 1.82) is 0 Å². The number of fused-ring (bicyclic) bond motifs is 2. The van der Waals surface area contributed by atoms with E-state index >= 15 is 0 Å². The van der Waals surface area contributed by atoms with Gasteiger partial charge in [0.05, 0.1) is 19.9 Å². The van der Waals surface area contributed by atoms with Gasteiger partial charge in [0.2, 0.25) is 0 Å². The summed E-state index contributed by atoms with van der Waals surface area (Å²) in [5.41, 5.74) is 2.99. The molecule has 9 heteroatoms. The standard InChI is InChI=1S/C27H29N3O4S2/c1-33-20-6-8-24-18(14-20)16-29(10-12-35-24)26(31)22-4-3-5-23(28-22)27(32)30-11-13-36-25-9-7-21(34-2)15-19(25)17-30/h3-9,14-15,26,31H,10-13,16-17H2,1-2H3. The molecule has 0 aliphatic carbocycles. The number of aliphatic hydroxyl groups is 1. The number of amides is 1. The van der Waals surface area contributed by atoms with Gasteiger partial charge in [0, 0.05) is 47.5 Å². The monoisotopic (exact) mass is 523 g/mol. The predicted octanol–water partition coefficient (Wildman–Crippen LogP) is 4.45. The summed E-state index contributed by atoms with van der Waals surface area (Å²) in [6.45, 7) is 2.39. The van der Waals surface area contributed by atoms with Crippen LogP contribution in [0, 0.1) is 0 Å². The lowest BCUT2D eigenvalue weighted by Gasteiger charge is -2.26. The zero-order valence-electron chi connectivity index (χ0n) is 20.3. The molecule has 2 aromatic carbocycles. The molecule has 0 bridgehead atoms. The summed E-state index contributed by atoms with van der Waals surface area (Å²) in [6, 6.07) is 17.3. The molecule has 3 heterocycles. The van der Waals surface area contributed by atoms with Crippen molar-refractivity contribution in [2.45, 2.75) is 29.1 Å². The molecule has 1 unspecified atom stereocenters. The van der Waals surface area contributed by atoms with E-state index in [1.807, 2.05) is 34.1 Å². The van der Waals surface area contributed by atoms with Crippen LogP contribution in [0.4, 0.5) is 0 Å². The van der Waals surface area contributed by atoms with E-state index < -0.39 is 6.23 Å². The summed E-state index contributed by atoms with van der Waals surface area (Å²) in [4.78, 5) is 24.3. The number of rotatable bonds is 5. The minimum absolute atomic E-state index is 0.137. The molecule has 1 atom stereocenters. The van der Waals surface area contributed by atoms with Crippen LogP contribution in [-0.4, -0.2) is 64.6 Å². The second-order valence-electron chi connectivity index (χ2n) is 8.66. The third-order valence-corrected chi connectivity index (χ3v) is 8.60. The lowest BCUT2D eigenvalue weighted by atomic mass is 10.1. The van der Waals surface area contributed by atoms with Crippen molar-refractivity contribution in [2.75, 3.05) is 38.8 Å². The Morgan fingerprint density at radius 2 is 1.56 bits per heavy atom. The summed E-state index contributed by atoms with van der Waals surface area (Å²) in [5, 5.41) is 11.3. The summed E-state index contributed by atoms with van der Waals surface area (Å²) in [6.07, 6.45) is -0.917. The zero-order chi connectivity index (χ0) is 25.1. The van der Waals surface area contributed by atoms with E-state index in [9.17, 15) is 9.90 Å². The summed E-state index contributed by atoms with van der Waals surface area (Å²) in [5.74, 6) is 3.10. The molecule has 1 aromatic heterocycles. The number of nitrogens with zero attached hydrogens (tertiary/aromatic N) is 3. The van der Waals surface area contributed by atoms with Crippen molar-refractivity contribution in [1.82, 2.24) is 14.8 Å². The number of aromatic nitrogens is 1. The highest BCUT2D eigenvalue weighted by atomic mass is 32.2. The van der Waals surface area contributed by atoms with Crippen LogP contribution in [-0.2, 0) is 13.1 Å². The molecular formula is C27H29N3O4S2. The molecule has 0 fully saturated rings. The maximum Gasteiger partial charge on any atom is 0.272 e. The average molecular weight is 524 g/mol. The first-order valence-corrected chi connectivity index (χ1v) is 13.8. The molecule has 3 aromatic rings. The fraction of sp³-hybridized carbons (Fsp3) is 0.333. The van der Waals surface area contributed by atoms with E-state index in [4.69, 9.17) is 9.47 Å². The van der Waals surface area contributed by atoms with Gasteiger partial charge in [-0.05, 0) is 59.7 Å². The molecule has 0 spiro atoms. The maximum atomic E-state index is 13.5. The number of benzene rings is 2. The Hall–Kier alpha value is -2.72. The number of carbonyl (C=O) groups is 1. The Labute approximate surface area is 219 Å². The first-order chi connectivity index (χ1) is 17.6. The van der Waals surface area contributed by atoms with Crippen LogP contribution in [0.2, 0.25) is 0 Å². The number of carbonyl (C=O) groups excluding carboxylic acids is 1. The van der Waals surface area contributed by atoms with Crippen LogP contribution < -0.4 is 9.47 Å². The fourth-order valence-corrected chi connectivity index (χ4v) is 6.48. The summed E-state index contributed by atoms with van der Waals surface area (Å²) < 4.78 is 10.8. The van der Waals surface area contributed by atoms with Crippen LogP contribution in [0.1, 0.15) is 33.5 Å². The molecule has 188 valence electrons. The van der Waals surface area contributed by atoms with E-state index in [2.05, 4.69) is 17.1 Å². The number of hydrogen-bond acceptors (Lipinski definition) is 8. The Morgan fingerprint density at radius 3 is 2.22 bits per heavy atom. The van der Waals surface area contributed by atoms with E-state index in [1.54, 1.807) is 55.9 Å². The van der Waals surface area contributed by atoms with Gasteiger partial charge in [-0.1, -0.05) is 6.07 Å². The second kappa shape index (κ2) is 11.1.